The van der Waals surface area contributed by atoms with E-state index in [4.69, 9.17) is 0 Å². The van der Waals surface area contributed by atoms with Crippen molar-refractivity contribution in [3.05, 3.63) is 17.8 Å². The number of carbonyl (C=O) groups excluding carboxylic acids is 1. The summed E-state index contributed by atoms with van der Waals surface area (Å²) < 4.78 is 0. The molecule has 0 bridgehead atoms. The molecule has 0 spiro atoms. The molecule has 0 aromatic carbocycles. The molecule has 1 unspecified atom stereocenters. The Morgan fingerprint density at radius 2 is 1.94 bits per heavy atom. The van der Waals surface area contributed by atoms with Gasteiger partial charge in [-0.1, -0.05) is 26.7 Å². The first-order valence-corrected chi connectivity index (χ1v) is 6.44. The van der Waals surface area contributed by atoms with Crippen LogP contribution >= 0.6 is 0 Å². The zero-order chi connectivity index (χ0) is 13.5. The molecule has 2 N–H and O–H groups in total. The van der Waals surface area contributed by atoms with Crippen molar-refractivity contribution in [2.24, 2.45) is 5.92 Å². The summed E-state index contributed by atoms with van der Waals surface area (Å²) in [5.74, 6) is 0.989. The fraction of sp³-hybridized carbons (Fsp3) is 0.615. The Kier molecular flexibility index (Phi) is 5.55. The maximum atomic E-state index is 12.0. The summed E-state index contributed by atoms with van der Waals surface area (Å²) in [5.41, 5.74) is 0.354. The fourth-order valence-corrected chi connectivity index (χ4v) is 1.98. The van der Waals surface area contributed by atoms with Crippen LogP contribution in [0.2, 0.25) is 0 Å². The summed E-state index contributed by atoms with van der Waals surface area (Å²) in [6.07, 6.45) is 2.12. The van der Waals surface area contributed by atoms with E-state index >= 15 is 0 Å². The lowest BCUT2D eigenvalue weighted by molar-refractivity contribution is 0.0919. The number of aromatic nitrogens is 2. The van der Waals surface area contributed by atoms with Gasteiger partial charge in [-0.3, -0.25) is 4.79 Å². The topological polar surface area (TPSA) is 66.9 Å². The number of carbonyl (C=O) groups is 1. The van der Waals surface area contributed by atoms with Crippen molar-refractivity contribution in [2.75, 3.05) is 12.4 Å². The number of hydrogen-bond acceptors (Lipinski definition) is 4. The van der Waals surface area contributed by atoms with Crippen molar-refractivity contribution in [2.45, 2.75) is 39.7 Å². The Morgan fingerprint density at radius 3 is 2.39 bits per heavy atom. The highest BCUT2D eigenvalue weighted by atomic mass is 16.2. The van der Waals surface area contributed by atoms with Gasteiger partial charge in [0.1, 0.15) is 5.82 Å². The summed E-state index contributed by atoms with van der Waals surface area (Å²) in [6.45, 7) is 6.31. The molecule has 1 rings (SSSR count). The van der Waals surface area contributed by atoms with Gasteiger partial charge in [-0.05, 0) is 25.0 Å². The van der Waals surface area contributed by atoms with E-state index in [1.54, 1.807) is 19.2 Å². The van der Waals surface area contributed by atoms with Crippen molar-refractivity contribution in [3.63, 3.8) is 0 Å². The molecule has 0 radical (unpaired) electrons. The van der Waals surface area contributed by atoms with Gasteiger partial charge in [0.2, 0.25) is 0 Å². The quantitative estimate of drug-likeness (QED) is 0.811. The van der Waals surface area contributed by atoms with Crippen LogP contribution in [0.1, 0.15) is 44.1 Å². The highest BCUT2D eigenvalue weighted by Gasteiger charge is 2.17. The molecule has 5 nitrogen and oxygen atoms in total. The van der Waals surface area contributed by atoms with Crippen LogP contribution in [-0.2, 0) is 0 Å². The first kappa shape index (κ1) is 14.4. The standard InChI is InChI=1S/C13H22N4O/c1-5-10(6-2)9(3)15-13(18)11-7-8-12(14-4)17-16-11/h7-10H,5-6H2,1-4H3,(H,14,17)(H,15,18). The average Bonchev–Trinajstić information content (AvgIpc) is 2.40. The Morgan fingerprint density at radius 1 is 1.28 bits per heavy atom. The Balaban J connectivity index is 2.64. The maximum absolute atomic E-state index is 12.0. The summed E-state index contributed by atoms with van der Waals surface area (Å²) in [4.78, 5) is 12.0. The third kappa shape index (κ3) is 3.68. The first-order chi connectivity index (χ1) is 8.62. The second-order valence-electron chi connectivity index (χ2n) is 4.39. The predicted octanol–water partition coefficient (Wildman–Crippen LogP) is 2.07. The molecular weight excluding hydrogens is 228 g/mol. The van der Waals surface area contributed by atoms with E-state index in [9.17, 15) is 4.79 Å². The van der Waals surface area contributed by atoms with Crippen LogP contribution in [0.15, 0.2) is 12.1 Å². The minimum Gasteiger partial charge on any atom is -0.372 e. The fourth-order valence-electron chi connectivity index (χ4n) is 1.98. The molecule has 1 heterocycles. The number of nitrogens with one attached hydrogen (secondary N) is 2. The van der Waals surface area contributed by atoms with Gasteiger partial charge >= 0.3 is 0 Å². The molecule has 1 atom stereocenters. The highest BCUT2D eigenvalue weighted by molar-refractivity contribution is 5.92. The number of hydrogen-bond donors (Lipinski definition) is 2. The van der Waals surface area contributed by atoms with Gasteiger partial charge in [-0.2, -0.15) is 0 Å². The Labute approximate surface area is 108 Å². The number of nitrogens with zero attached hydrogens (tertiary/aromatic N) is 2. The molecule has 0 aliphatic carbocycles. The SMILES string of the molecule is CCC(CC)C(C)NC(=O)c1ccc(NC)nn1. The van der Waals surface area contributed by atoms with Gasteiger partial charge in [0.05, 0.1) is 0 Å². The van der Waals surface area contributed by atoms with E-state index in [0.717, 1.165) is 12.8 Å². The number of anilines is 1. The minimum atomic E-state index is -0.162. The van der Waals surface area contributed by atoms with E-state index in [1.807, 2.05) is 6.92 Å². The van der Waals surface area contributed by atoms with Crippen LogP contribution < -0.4 is 10.6 Å². The van der Waals surface area contributed by atoms with Crippen LogP contribution in [0.3, 0.4) is 0 Å². The van der Waals surface area contributed by atoms with Crippen molar-refractivity contribution >= 4 is 11.7 Å². The monoisotopic (exact) mass is 250 g/mol. The molecule has 5 heteroatoms. The Bertz CT molecular complexity index is 373. The van der Waals surface area contributed by atoms with Gasteiger partial charge < -0.3 is 10.6 Å². The molecule has 0 aliphatic rings. The second-order valence-corrected chi connectivity index (χ2v) is 4.39. The van der Waals surface area contributed by atoms with Crippen molar-refractivity contribution < 1.29 is 4.79 Å². The normalized spacial score (nSPS) is 12.3. The van der Waals surface area contributed by atoms with E-state index in [2.05, 4.69) is 34.7 Å². The first-order valence-electron chi connectivity index (χ1n) is 6.44. The predicted molar refractivity (Wildman–Crippen MR) is 72.6 cm³/mol. The lowest BCUT2D eigenvalue weighted by atomic mass is 9.95. The molecule has 100 valence electrons. The van der Waals surface area contributed by atoms with Gasteiger partial charge in [-0.15, -0.1) is 10.2 Å². The molecule has 0 saturated heterocycles. The average molecular weight is 250 g/mol. The third-order valence-electron chi connectivity index (χ3n) is 3.27. The minimum absolute atomic E-state index is 0.151. The van der Waals surface area contributed by atoms with Gasteiger partial charge in [0.25, 0.3) is 5.91 Å². The molecule has 0 aliphatic heterocycles. The van der Waals surface area contributed by atoms with Gasteiger partial charge in [-0.25, -0.2) is 0 Å². The lowest BCUT2D eigenvalue weighted by Crippen LogP contribution is -2.38. The van der Waals surface area contributed by atoms with Crippen molar-refractivity contribution in [3.8, 4) is 0 Å². The van der Waals surface area contributed by atoms with Gasteiger partial charge in [0.15, 0.2) is 5.69 Å². The largest absolute Gasteiger partial charge is 0.372 e. The van der Waals surface area contributed by atoms with Crippen LogP contribution in [0.5, 0.6) is 0 Å². The summed E-state index contributed by atoms with van der Waals surface area (Å²) in [6, 6.07) is 3.57. The number of rotatable bonds is 6. The van der Waals surface area contributed by atoms with E-state index in [1.165, 1.54) is 0 Å². The maximum Gasteiger partial charge on any atom is 0.272 e. The zero-order valence-corrected chi connectivity index (χ0v) is 11.5. The summed E-state index contributed by atoms with van der Waals surface area (Å²) >= 11 is 0. The van der Waals surface area contributed by atoms with Crippen molar-refractivity contribution in [1.82, 2.24) is 15.5 Å². The second kappa shape index (κ2) is 6.93. The van der Waals surface area contributed by atoms with E-state index < -0.39 is 0 Å². The van der Waals surface area contributed by atoms with Crippen LogP contribution in [0, 0.1) is 5.92 Å². The highest BCUT2D eigenvalue weighted by Crippen LogP contribution is 2.13. The molecular formula is C13H22N4O. The summed E-state index contributed by atoms with van der Waals surface area (Å²) in [5, 5.41) is 13.6. The van der Waals surface area contributed by atoms with Crippen LogP contribution in [0.4, 0.5) is 5.82 Å². The van der Waals surface area contributed by atoms with E-state index in [0.29, 0.717) is 17.4 Å². The molecule has 0 saturated carbocycles. The zero-order valence-electron chi connectivity index (χ0n) is 11.5. The number of amides is 1. The van der Waals surface area contributed by atoms with E-state index in [-0.39, 0.29) is 11.9 Å². The molecule has 1 aromatic heterocycles. The van der Waals surface area contributed by atoms with Gasteiger partial charge in [0, 0.05) is 13.1 Å². The molecule has 18 heavy (non-hydrogen) atoms. The molecule has 1 aromatic rings. The Hall–Kier alpha value is -1.65. The smallest absolute Gasteiger partial charge is 0.272 e. The van der Waals surface area contributed by atoms with Crippen LogP contribution in [0.25, 0.3) is 0 Å². The molecule has 0 fully saturated rings. The molecule has 1 amide bonds. The van der Waals surface area contributed by atoms with Crippen molar-refractivity contribution in [1.29, 1.82) is 0 Å². The lowest BCUT2D eigenvalue weighted by Gasteiger charge is -2.22. The summed E-state index contributed by atoms with van der Waals surface area (Å²) in [7, 11) is 1.76. The third-order valence-corrected chi connectivity index (χ3v) is 3.27. The van der Waals surface area contributed by atoms with Crippen LogP contribution in [-0.4, -0.2) is 29.2 Å².